The fourth-order valence-corrected chi connectivity index (χ4v) is 4.62. The highest BCUT2D eigenvalue weighted by atomic mass is 32.1. The van der Waals surface area contributed by atoms with Crippen molar-refractivity contribution in [2.24, 2.45) is 0 Å². The summed E-state index contributed by atoms with van der Waals surface area (Å²) < 4.78 is 21.4. The van der Waals surface area contributed by atoms with Gasteiger partial charge in [0.1, 0.15) is 22.5 Å². The molecule has 0 radical (unpaired) electrons. The zero-order valence-corrected chi connectivity index (χ0v) is 19.1. The number of fused-ring (bicyclic) bond motifs is 2. The van der Waals surface area contributed by atoms with E-state index >= 15 is 0 Å². The van der Waals surface area contributed by atoms with Crippen LogP contribution in [0.2, 0.25) is 0 Å². The van der Waals surface area contributed by atoms with Crippen molar-refractivity contribution in [3.8, 4) is 16.9 Å². The second-order valence-corrected chi connectivity index (χ2v) is 8.15. The van der Waals surface area contributed by atoms with Crippen LogP contribution < -0.4 is 10.5 Å². The van der Waals surface area contributed by atoms with Crippen LogP contribution in [0.3, 0.4) is 0 Å². The highest BCUT2D eigenvalue weighted by molar-refractivity contribution is 7.00. The van der Waals surface area contributed by atoms with Gasteiger partial charge in [-0.15, -0.1) is 0 Å². The van der Waals surface area contributed by atoms with Gasteiger partial charge in [-0.3, -0.25) is 0 Å². The quantitative estimate of drug-likeness (QED) is 0.280. The number of hydrogen-bond donors (Lipinski definition) is 1. The Morgan fingerprint density at radius 3 is 2.58 bits per heavy atom. The molecule has 0 aliphatic carbocycles. The Hall–Kier alpha value is -3.91. The summed E-state index contributed by atoms with van der Waals surface area (Å²) in [4.78, 5) is 13.3. The van der Waals surface area contributed by atoms with E-state index in [0.717, 1.165) is 44.4 Å². The molecule has 0 aliphatic heterocycles. The van der Waals surface area contributed by atoms with Crippen LogP contribution in [0.4, 0.5) is 5.69 Å². The summed E-state index contributed by atoms with van der Waals surface area (Å²) in [5.41, 5.74) is 12.5. The molecule has 0 aliphatic rings. The Labute approximate surface area is 194 Å². The molecule has 0 atom stereocenters. The molecule has 0 amide bonds. The average molecular weight is 459 g/mol. The summed E-state index contributed by atoms with van der Waals surface area (Å²) in [6.45, 7) is 2.55. The van der Waals surface area contributed by atoms with E-state index in [4.69, 9.17) is 15.2 Å². The van der Waals surface area contributed by atoms with Crippen molar-refractivity contribution in [3.63, 3.8) is 0 Å². The first-order valence-electron chi connectivity index (χ1n) is 10.5. The maximum absolute atomic E-state index is 13.3. The van der Waals surface area contributed by atoms with Crippen molar-refractivity contribution in [2.45, 2.75) is 13.5 Å². The molecule has 0 bridgehead atoms. The van der Waals surface area contributed by atoms with Crippen molar-refractivity contribution in [1.82, 2.24) is 13.3 Å². The van der Waals surface area contributed by atoms with E-state index in [9.17, 15) is 4.79 Å². The van der Waals surface area contributed by atoms with E-state index in [-0.39, 0.29) is 12.6 Å². The van der Waals surface area contributed by atoms with Gasteiger partial charge in [-0.1, -0.05) is 18.2 Å². The normalized spacial score (nSPS) is 11.2. The highest BCUT2D eigenvalue weighted by Crippen LogP contribution is 2.38. The molecule has 0 spiro atoms. The fraction of sp³-hybridized carbons (Fsp3) is 0.160. The summed E-state index contributed by atoms with van der Waals surface area (Å²) in [6.07, 6.45) is 0. The summed E-state index contributed by atoms with van der Waals surface area (Å²) in [6, 6.07) is 19.3. The first-order valence-corrected chi connectivity index (χ1v) is 11.3. The number of carbonyl (C=O) groups is 1. The zero-order chi connectivity index (χ0) is 22.9. The molecule has 5 aromatic rings. The Morgan fingerprint density at radius 2 is 1.82 bits per heavy atom. The second kappa shape index (κ2) is 8.55. The number of esters is 1. The number of aromatic nitrogens is 3. The monoisotopic (exact) mass is 458 g/mol. The number of ether oxygens (including phenoxy) is 2. The summed E-state index contributed by atoms with van der Waals surface area (Å²) >= 11 is 1.19. The van der Waals surface area contributed by atoms with Crippen LogP contribution in [0.15, 0.2) is 60.7 Å². The predicted octanol–water partition coefficient (Wildman–Crippen LogP) is 5.13. The molecule has 3 aromatic carbocycles. The standard InChI is InChI=1S/C25H22N4O3S/c1-3-32-25(30)24-23(16-5-8-18(31-2)9-6-16)19-13-17(26)7-11-22(19)29(24)14-15-4-10-20-21(12-15)28-33-27-20/h4-13H,3,14,26H2,1-2H3. The topological polar surface area (TPSA) is 92.3 Å². The molecule has 0 saturated carbocycles. The van der Waals surface area contributed by atoms with Crippen LogP contribution in [-0.2, 0) is 11.3 Å². The van der Waals surface area contributed by atoms with E-state index < -0.39 is 0 Å². The minimum atomic E-state index is -0.380. The molecule has 2 N–H and O–H groups in total. The molecule has 33 heavy (non-hydrogen) atoms. The minimum absolute atomic E-state index is 0.279. The van der Waals surface area contributed by atoms with Gasteiger partial charge in [-0.05, 0) is 60.5 Å². The van der Waals surface area contributed by atoms with Crippen molar-refractivity contribution < 1.29 is 14.3 Å². The molecule has 2 aromatic heterocycles. The molecule has 5 rings (SSSR count). The number of nitrogen functional groups attached to an aromatic ring is 1. The molecule has 8 heteroatoms. The average Bonchev–Trinajstić information content (AvgIpc) is 3.41. The predicted molar refractivity (Wildman–Crippen MR) is 131 cm³/mol. The smallest absolute Gasteiger partial charge is 0.355 e. The summed E-state index contributed by atoms with van der Waals surface area (Å²) in [5, 5.41) is 0.889. The van der Waals surface area contributed by atoms with Gasteiger partial charge in [0.15, 0.2) is 0 Å². The van der Waals surface area contributed by atoms with Gasteiger partial charge in [0.25, 0.3) is 0 Å². The van der Waals surface area contributed by atoms with Gasteiger partial charge in [-0.2, -0.15) is 8.75 Å². The molecule has 166 valence electrons. The number of nitrogens with two attached hydrogens (primary N) is 1. The number of anilines is 1. The van der Waals surface area contributed by atoms with Crippen molar-refractivity contribution in [2.75, 3.05) is 19.5 Å². The number of nitrogens with zero attached hydrogens (tertiary/aromatic N) is 3. The van der Waals surface area contributed by atoms with Gasteiger partial charge in [-0.25, -0.2) is 4.79 Å². The molecule has 0 unspecified atom stereocenters. The molecular weight excluding hydrogens is 436 g/mol. The Bertz CT molecular complexity index is 1470. The van der Waals surface area contributed by atoms with Gasteiger partial charge < -0.3 is 19.8 Å². The van der Waals surface area contributed by atoms with Gasteiger partial charge >= 0.3 is 5.97 Å². The molecule has 2 heterocycles. The van der Waals surface area contributed by atoms with Crippen LogP contribution in [-0.4, -0.2) is 33.0 Å². The van der Waals surface area contributed by atoms with Crippen molar-refractivity contribution in [3.05, 3.63) is 71.9 Å². The van der Waals surface area contributed by atoms with Crippen molar-refractivity contribution in [1.29, 1.82) is 0 Å². The molecule has 7 nitrogen and oxygen atoms in total. The lowest BCUT2D eigenvalue weighted by Gasteiger charge is -2.12. The Balaban J connectivity index is 1.75. The summed E-state index contributed by atoms with van der Waals surface area (Å²) in [7, 11) is 1.63. The lowest BCUT2D eigenvalue weighted by molar-refractivity contribution is 0.0516. The maximum atomic E-state index is 13.3. The number of carbonyl (C=O) groups excluding carboxylic acids is 1. The Morgan fingerprint density at radius 1 is 1.03 bits per heavy atom. The number of benzene rings is 3. The third-order valence-electron chi connectivity index (χ3n) is 5.59. The fourth-order valence-electron chi connectivity index (χ4n) is 4.11. The van der Waals surface area contributed by atoms with E-state index in [2.05, 4.69) is 8.75 Å². The highest BCUT2D eigenvalue weighted by Gasteiger charge is 2.25. The van der Waals surface area contributed by atoms with Crippen molar-refractivity contribution >= 4 is 45.3 Å². The third-order valence-corrected chi connectivity index (χ3v) is 6.15. The zero-order valence-electron chi connectivity index (χ0n) is 18.2. The minimum Gasteiger partial charge on any atom is -0.497 e. The lowest BCUT2D eigenvalue weighted by Crippen LogP contribution is -2.14. The van der Waals surface area contributed by atoms with Gasteiger partial charge in [0, 0.05) is 28.7 Å². The van der Waals surface area contributed by atoms with Crippen LogP contribution in [0.1, 0.15) is 23.0 Å². The SMILES string of the molecule is CCOC(=O)c1c(-c2ccc(OC)cc2)c2cc(N)ccc2n1Cc1ccc2nsnc2c1. The van der Waals surface area contributed by atoms with E-state index in [0.29, 0.717) is 17.9 Å². The van der Waals surface area contributed by atoms with E-state index in [1.54, 1.807) is 14.0 Å². The van der Waals surface area contributed by atoms with Crippen LogP contribution in [0, 0.1) is 0 Å². The van der Waals surface area contributed by atoms with Gasteiger partial charge in [0.05, 0.1) is 25.4 Å². The largest absolute Gasteiger partial charge is 0.497 e. The first kappa shape index (κ1) is 21.0. The van der Waals surface area contributed by atoms with Crippen LogP contribution in [0.5, 0.6) is 5.75 Å². The number of rotatable bonds is 6. The van der Waals surface area contributed by atoms with Crippen LogP contribution in [0.25, 0.3) is 33.1 Å². The molecule has 0 saturated heterocycles. The third kappa shape index (κ3) is 3.78. The molecular formula is C25H22N4O3S. The summed E-state index contributed by atoms with van der Waals surface area (Å²) in [5.74, 6) is 0.361. The van der Waals surface area contributed by atoms with E-state index in [1.807, 2.05) is 65.2 Å². The Kier molecular flexibility index (Phi) is 5.43. The number of methoxy groups -OCH3 is 1. The second-order valence-electron chi connectivity index (χ2n) is 7.62. The molecule has 0 fully saturated rings. The lowest BCUT2D eigenvalue weighted by atomic mass is 10.0. The maximum Gasteiger partial charge on any atom is 0.355 e. The van der Waals surface area contributed by atoms with E-state index in [1.165, 1.54) is 11.7 Å². The van der Waals surface area contributed by atoms with Gasteiger partial charge in [0.2, 0.25) is 0 Å². The van der Waals surface area contributed by atoms with Crippen LogP contribution >= 0.6 is 11.7 Å². The first-order chi connectivity index (χ1) is 16.1. The number of hydrogen-bond acceptors (Lipinski definition) is 7.